The summed E-state index contributed by atoms with van der Waals surface area (Å²) in [6.07, 6.45) is 3.98. The van der Waals surface area contributed by atoms with Crippen LogP contribution < -0.4 is 0 Å². The second kappa shape index (κ2) is 5.62. The Morgan fingerprint density at radius 1 is 1.30 bits per heavy atom. The van der Waals surface area contributed by atoms with Gasteiger partial charge in [0.05, 0.1) is 5.92 Å². The van der Waals surface area contributed by atoms with Crippen LogP contribution in [0.2, 0.25) is 0 Å². The molecule has 0 aromatic heterocycles. The van der Waals surface area contributed by atoms with Gasteiger partial charge < -0.3 is 14.7 Å². The number of ether oxygens (including phenoxy) is 1. The van der Waals surface area contributed by atoms with E-state index in [-0.39, 0.29) is 17.9 Å². The second-order valence-corrected chi connectivity index (χ2v) is 7.12. The van der Waals surface area contributed by atoms with Gasteiger partial charge in [-0.2, -0.15) is 0 Å². The van der Waals surface area contributed by atoms with E-state index in [4.69, 9.17) is 4.74 Å². The number of amides is 1. The first-order valence-corrected chi connectivity index (χ1v) is 7.47. The number of carbonyl (C=O) groups excluding carboxylic acids is 1. The number of hydrogen-bond donors (Lipinski definition) is 1. The van der Waals surface area contributed by atoms with Crippen LogP contribution in [0.15, 0.2) is 0 Å². The molecule has 1 heterocycles. The molecule has 20 heavy (non-hydrogen) atoms. The Morgan fingerprint density at radius 2 is 1.90 bits per heavy atom. The van der Waals surface area contributed by atoms with E-state index in [2.05, 4.69) is 0 Å². The van der Waals surface area contributed by atoms with Crippen LogP contribution >= 0.6 is 0 Å². The van der Waals surface area contributed by atoms with Crippen molar-refractivity contribution in [1.29, 1.82) is 0 Å². The van der Waals surface area contributed by atoms with Crippen LogP contribution in [-0.2, 0) is 9.53 Å². The van der Waals surface area contributed by atoms with Crippen molar-refractivity contribution < 1.29 is 19.4 Å². The van der Waals surface area contributed by atoms with E-state index in [9.17, 15) is 14.7 Å². The quantitative estimate of drug-likeness (QED) is 0.861. The van der Waals surface area contributed by atoms with Crippen molar-refractivity contribution in [1.82, 2.24) is 4.90 Å². The summed E-state index contributed by atoms with van der Waals surface area (Å²) in [7, 11) is 0. The highest BCUT2D eigenvalue weighted by molar-refractivity contribution is 5.73. The summed E-state index contributed by atoms with van der Waals surface area (Å²) in [5, 5.41) is 9.35. The van der Waals surface area contributed by atoms with Crippen LogP contribution in [0.3, 0.4) is 0 Å². The van der Waals surface area contributed by atoms with E-state index < -0.39 is 11.6 Å². The summed E-state index contributed by atoms with van der Waals surface area (Å²) in [5.41, 5.74) is -0.500. The average Bonchev–Trinajstić information content (AvgIpc) is 2.14. The third-order valence-corrected chi connectivity index (χ3v) is 4.26. The van der Waals surface area contributed by atoms with Crippen molar-refractivity contribution in [2.45, 2.75) is 52.1 Å². The normalized spacial score (nSPS) is 21.9. The molecule has 1 amide bonds. The highest BCUT2D eigenvalue weighted by atomic mass is 16.6. The molecule has 1 atom stereocenters. The zero-order chi connectivity index (χ0) is 14.9. The molecule has 0 aromatic rings. The van der Waals surface area contributed by atoms with Crippen molar-refractivity contribution >= 4 is 12.1 Å². The third kappa shape index (κ3) is 3.64. The van der Waals surface area contributed by atoms with Gasteiger partial charge >= 0.3 is 12.1 Å². The molecule has 0 aromatic carbocycles. The summed E-state index contributed by atoms with van der Waals surface area (Å²) in [5.74, 6) is -0.364. The first kappa shape index (κ1) is 15.1. The Balaban J connectivity index is 1.80. The van der Waals surface area contributed by atoms with E-state index in [1.165, 1.54) is 6.42 Å². The van der Waals surface area contributed by atoms with Gasteiger partial charge in [0, 0.05) is 19.0 Å². The van der Waals surface area contributed by atoms with E-state index in [0.717, 1.165) is 19.3 Å². The summed E-state index contributed by atoms with van der Waals surface area (Å²) in [6, 6.07) is 0. The number of carboxylic acids is 1. The molecule has 0 radical (unpaired) electrons. The third-order valence-electron chi connectivity index (χ3n) is 4.26. The predicted octanol–water partition coefficient (Wildman–Crippen LogP) is 2.74. The van der Waals surface area contributed by atoms with Gasteiger partial charge in [0.25, 0.3) is 0 Å². The first-order chi connectivity index (χ1) is 9.26. The number of hydrogen-bond acceptors (Lipinski definition) is 3. The minimum atomic E-state index is -0.717. The molecule has 2 rings (SSSR count). The zero-order valence-corrected chi connectivity index (χ0v) is 12.6. The molecule has 0 bridgehead atoms. The van der Waals surface area contributed by atoms with Crippen LogP contribution in [0.4, 0.5) is 4.79 Å². The number of nitrogens with zero attached hydrogens (tertiary/aromatic N) is 1. The topological polar surface area (TPSA) is 66.8 Å². The Bertz CT molecular complexity index is 378. The monoisotopic (exact) mass is 283 g/mol. The van der Waals surface area contributed by atoms with Gasteiger partial charge in [-0.15, -0.1) is 0 Å². The van der Waals surface area contributed by atoms with Crippen LogP contribution in [-0.4, -0.2) is 40.8 Å². The van der Waals surface area contributed by atoms with E-state index in [1.54, 1.807) is 4.90 Å². The van der Waals surface area contributed by atoms with Crippen molar-refractivity contribution in [2.24, 2.45) is 17.8 Å². The Kier molecular flexibility index (Phi) is 4.25. The van der Waals surface area contributed by atoms with Gasteiger partial charge in [-0.05, 0) is 33.1 Å². The van der Waals surface area contributed by atoms with E-state index >= 15 is 0 Å². The molecule has 114 valence electrons. The number of likely N-dealkylation sites (tertiary alicyclic amines) is 1. The molecule has 1 aliphatic carbocycles. The largest absolute Gasteiger partial charge is 0.481 e. The van der Waals surface area contributed by atoms with Gasteiger partial charge in [-0.25, -0.2) is 4.79 Å². The fourth-order valence-corrected chi connectivity index (χ4v) is 2.83. The van der Waals surface area contributed by atoms with Crippen LogP contribution in [0.25, 0.3) is 0 Å². The van der Waals surface area contributed by atoms with Crippen molar-refractivity contribution in [3.05, 3.63) is 0 Å². The molecule has 0 spiro atoms. The highest BCUT2D eigenvalue weighted by Crippen LogP contribution is 2.37. The molecule has 5 heteroatoms. The van der Waals surface area contributed by atoms with Crippen molar-refractivity contribution in [2.75, 3.05) is 13.1 Å². The minimum Gasteiger partial charge on any atom is -0.481 e. The summed E-state index contributed by atoms with van der Waals surface area (Å²) >= 11 is 0. The van der Waals surface area contributed by atoms with Gasteiger partial charge in [-0.1, -0.05) is 19.3 Å². The lowest BCUT2D eigenvalue weighted by Crippen LogP contribution is -2.55. The molecule has 1 N–H and O–H groups in total. The first-order valence-electron chi connectivity index (χ1n) is 7.47. The smallest absolute Gasteiger partial charge is 0.410 e. The Morgan fingerprint density at radius 3 is 2.30 bits per heavy atom. The maximum absolute atomic E-state index is 11.8. The van der Waals surface area contributed by atoms with Crippen LogP contribution in [0, 0.1) is 17.8 Å². The van der Waals surface area contributed by atoms with E-state index in [0.29, 0.717) is 19.0 Å². The number of carbonyl (C=O) groups is 2. The standard InChI is InChI=1S/C15H25NO4/c1-15(2,3)20-14(19)16-8-11(9-16)12(13(17)18)7-10-5-4-6-10/h10-12H,4-9H2,1-3H3,(H,17,18). The van der Waals surface area contributed by atoms with E-state index in [1.807, 2.05) is 20.8 Å². The van der Waals surface area contributed by atoms with Crippen molar-refractivity contribution in [3.8, 4) is 0 Å². The average molecular weight is 283 g/mol. The lowest BCUT2D eigenvalue weighted by Gasteiger charge is -2.43. The fourth-order valence-electron chi connectivity index (χ4n) is 2.83. The summed E-state index contributed by atoms with van der Waals surface area (Å²) < 4.78 is 5.28. The van der Waals surface area contributed by atoms with Gasteiger partial charge in [0.1, 0.15) is 5.60 Å². The van der Waals surface area contributed by atoms with Crippen LogP contribution in [0.1, 0.15) is 46.5 Å². The maximum Gasteiger partial charge on any atom is 0.410 e. The second-order valence-electron chi connectivity index (χ2n) is 7.12. The van der Waals surface area contributed by atoms with Gasteiger partial charge in [0.15, 0.2) is 0 Å². The lowest BCUT2D eigenvalue weighted by molar-refractivity contribution is -0.147. The zero-order valence-electron chi connectivity index (χ0n) is 12.6. The number of rotatable bonds is 4. The number of aliphatic carboxylic acids is 1. The Hall–Kier alpha value is -1.26. The van der Waals surface area contributed by atoms with Gasteiger partial charge in [0.2, 0.25) is 0 Å². The maximum atomic E-state index is 11.8. The molecule has 1 saturated carbocycles. The SMILES string of the molecule is CC(C)(C)OC(=O)N1CC(C(CC2CCC2)C(=O)O)C1. The molecule has 1 aliphatic heterocycles. The molecular formula is C15H25NO4. The Labute approximate surface area is 120 Å². The van der Waals surface area contributed by atoms with Crippen molar-refractivity contribution in [3.63, 3.8) is 0 Å². The fraction of sp³-hybridized carbons (Fsp3) is 0.867. The molecule has 1 saturated heterocycles. The molecule has 2 aliphatic rings. The predicted molar refractivity (Wildman–Crippen MR) is 74.4 cm³/mol. The summed E-state index contributed by atoms with van der Waals surface area (Å²) in [6.45, 7) is 6.52. The molecular weight excluding hydrogens is 258 g/mol. The lowest BCUT2D eigenvalue weighted by atomic mass is 9.73. The van der Waals surface area contributed by atoms with Gasteiger partial charge in [-0.3, -0.25) is 4.79 Å². The molecule has 5 nitrogen and oxygen atoms in total. The molecule has 2 fully saturated rings. The highest BCUT2D eigenvalue weighted by Gasteiger charge is 2.42. The van der Waals surface area contributed by atoms with Crippen LogP contribution in [0.5, 0.6) is 0 Å². The summed E-state index contributed by atoms with van der Waals surface area (Å²) in [4.78, 5) is 24.8. The number of carboxylic acid groups (broad SMARTS) is 1. The minimum absolute atomic E-state index is 0.0839. The molecule has 1 unspecified atom stereocenters.